The number of carbonyl (C=O) groups excluding carboxylic acids is 2. The first-order chi connectivity index (χ1) is 10.0. The molecular formula is C16H22N2O3. The van der Waals surface area contributed by atoms with Crippen LogP contribution in [0, 0.1) is 0 Å². The SMILES string of the molecule is CC(C)NC(=O)c1ccc(C(=O)N(CCO)C2CC2)cc1. The Balaban J connectivity index is 2.07. The summed E-state index contributed by atoms with van der Waals surface area (Å²) < 4.78 is 0. The number of hydrogen-bond acceptors (Lipinski definition) is 3. The fourth-order valence-electron chi connectivity index (χ4n) is 2.22. The van der Waals surface area contributed by atoms with Crippen LogP contribution in [0.2, 0.25) is 0 Å². The third kappa shape index (κ3) is 4.04. The van der Waals surface area contributed by atoms with Gasteiger partial charge in [-0.3, -0.25) is 9.59 Å². The molecule has 1 aliphatic carbocycles. The van der Waals surface area contributed by atoms with Gasteiger partial charge in [0.25, 0.3) is 11.8 Å². The van der Waals surface area contributed by atoms with E-state index in [4.69, 9.17) is 5.11 Å². The number of amides is 2. The molecule has 1 aliphatic rings. The van der Waals surface area contributed by atoms with E-state index in [2.05, 4.69) is 5.32 Å². The molecule has 0 aromatic heterocycles. The first-order valence-electron chi connectivity index (χ1n) is 7.35. The second kappa shape index (κ2) is 6.72. The topological polar surface area (TPSA) is 69.6 Å². The number of nitrogens with zero attached hydrogens (tertiary/aromatic N) is 1. The van der Waals surface area contributed by atoms with E-state index >= 15 is 0 Å². The highest BCUT2D eigenvalue weighted by atomic mass is 16.3. The molecule has 0 saturated heterocycles. The van der Waals surface area contributed by atoms with Crippen LogP contribution in [-0.4, -0.2) is 47.1 Å². The summed E-state index contributed by atoms with van der Waals surface area (Å²) in [5, 5.41) is 11.9. The first kappa shape index (κ1) is 15.5. The minimum atomic E-state index is -0.140. The van der Waals surface area contributed by atoms with Gasteiger partial charge in [0.1, 0.15) is 0 Å². The van der Waals surface area contributed by atoms with Gasteiger partial charge in [-0.1, -0.05) is 0 Å². The lowest BCUT2D eigenvalue weighted by atomic mass is 10.1. The minimum Gasteiger partial charge on any atom is -0.395 e. The Morgan fingerprint density at radius 3 is 2.29 bits per heavy atom. The van der Waals surface area contributed by atoms with Gasteiger partial charge in [-0.05, 0) is 51.0 Å². The van der Waals surface area contributed by atoms with Crippen LogP contribution in [0.15, 0.2) is 24.3 Å². The van der Waals surface area contributed by atoms with Crippen LogP contribution in [0.3, 0.4) is 0 Å². The number of hydrogen-bond donors (Lipinski definition) is 2. The molecule has 0 atom stereocenters. The number of aliphatic hydroxyl groups is 1. The van der Waals surface area contributed by atoms with Crippen LogP contribution in [-0.2, 0) is 0 Å². The van der Waals surface area contributed by atoms with E-state index in [9.17, 15) is 9.59 Å². The molecular weight excluding hydrogens is 268 g/mol. The van der Waals surface area contributed by atoms with Crippen LogP contribution in [0.1, 0.15) is 47.4 Å². The van der Waals surface area contributed by atoms with Gasteiger partial charge in [0.05, 0.1) is 6.61 Å². The van der Waals surface area contributed by atoms with Crippen LogP contribution in [0.25, 0.3) is 0 Å². The molecule has 0 heterocycles. The monoisotopic (exact) mass is 290 g/mol. The molecule has 0 aliphatic heterocycles. The van der Waals surface area contributed by atoms with Gasteiger partial charge in [-0.15, -0.1) is 0 Å². The summed E-state index contributed by atoms with van der Waals surface area (Å²) >= 11 is 0. The van der Waals surface area contributed by atoms with Gasteiger partial charge >= 0.3 is 0 Å². The summed E-state index contributed by atoms with van der Waals surface area (Å²) in [5.74, 6) is -0.222. The molecule has 5 nitrogen and oxygen atoms in total. The molecule has 0 radical (unpaired) electrons. The highest BCUT2D eigenvalue weighted by Gasteiger charge is 2.32. The van der Waals surface area contributed by atoms with Crippen molar-refractivity contribution >= 4 is 11.8 Å². The lowest BCUT2D eigenvalue weighted by molar-refractivity contribution is 0.0707. The number of carbonyl (C=O) groups is 2. The Kier molecular flexibility index (Phi) is 4.96. The number of benzene rings is 1. The van der Waals surface area contributed by atoms with Crippen molar-refractivity contribution in [2.75, 3.05) is 13.2 Å². The molecule has 1 aromatic carbocycles. The second-order valence-corrected chi connectivity index (χ2v) is 5.66. The summed E-state index contributed by atoms with van der Waals surface area (Å²) in [6, 6.07) is 7.00. The van der Waals surface area contributed by atoms with Crippen molar-refractivity contribution in [1.82, 2.24) is 10.2 Å². The molecule has 5 heteroatoms. The Bertz CT molecular complexity index is 507. The van der Waals surface area contributed by atoms with E-state index < -0.39 is 0 Å². The summed E-state index contributed by atoms with van der Waals surface area (Å²) in [7, 11) is 0. The van der Waals surface area contributed by atoms with Crippen LogP contribution in [0.4, 0.5) is 0 Å². The van der Waals surface area contributed by atoms with E-state index in [-0.39, 0.29) is 30.5 Å². The average Bonchev–Trinajstić information content (AvgIpc) is 3.28. The Morgan fingerprint density at radius 2 is 1.81 bits per heavy atom. The molecule has 0 spiro atoms. The zero-order chi connectivity index (χ0) is 15.4. The zero-order valence-corrected chi connectivity index (χ0v) is 12.5. The number of nitrogens with one attached hydrogen (secondary N) is 1. The van der Waals surface area contributed by atoms with Gasteiger partial charge in [-0.25, -0.2) is 0 Å². The van der Waals surface area contributed by atoms with Crippen molar-refractivity contribution in [3.05, 3.63) is 35.4 Å². The van der Waals surface area contributed by atoms with Gasteiger partial charge < -0.3 is 15.3 Å². The van der Waals surface area contributed by atoms with Crippen LogP contribution >= 0.6 is 0 Å². The minimum absolute atomic E-state index is 0.0306. The molecule has 1 aromatic rings. The highest BCUT2D eigenvalue weighted by molar-refractivity contribution is 5.98. The van der Waals surface area contributed by atoms with E-state index in [0.717, 1.165) is 12.8 Å². The van der Waals surface area contributed by atoms with E-state index in [1.54, 1.807) is 29.2 Å². The predicted molar refractivity (Wildman–Crippen MR) is 80.2 cm³/mol. The molecule has 1 fully saturated rings. The fourth-order valence-corrected chi connectivity index (χ4v) is 2.22. The molecule has 114 valence electrons. The van der Waals surface area contributed by atoms with Crippen molar-refractivity contribution in [2.24, 2.45) is 0 Å². The summed E-state index contributed by atoms with van der Waals surface area (Å²) in [4.78, 5) is 26.0. The van der Waals surface area contributed by atoms with Crippen molar-refractivity contribution in [1.29, 1.82) is 0 Å². The molecule has 0 bridgehead atoms. The van der Waals surface area contributed by atoms with Crippen molar-refractivity contribution in [3.63, 3.8) is 0 Å². The van der Waals surface area contributed by atoms with E-state index in [1.165, 1.54) is 0 Å². The van der Waals surface area contributed by atoms with Gasteiger partial charge in [0.2, 0.25) is 0 Å². The van der Waals surface area contributed by atoms with Crippen LogP contribution < -0.4 is 5.32 Å². The Morgan fingerprint density at radius 1 is 1.24 bits per heavy atom. The average molecular weight is 290 g/mol. The van der Waals surface area contributed by atoms with Crippen molar-refractivity contribution in [2.45, 2.75) is 38.8 Å². The van der Waals surface area contributed by atoms with Crippen molar-refractivity contribution in [3.8, 4) is 0 Å². The second-order valence-electron chi connectivity index (χ2n) is 5.66. The van der Waals surface area contributed by atoms with Crippen LogP contribution in [0.5, 0.6) is 0 Å². The van der Waals surface area contributed by atoms with E-state index in [1.807, 2.05) is 13.8 Å². The smallest absolute Gasteiger partial charge is 0.254 e. The first-order valence-corrected chi connectivity index (χ1v) is 7.35. The molecule has 0 unspecified atom stereocenters. The number of aliphatic hydroxyl groups excluding tert-OH is 1. The maximum Gasteiger partial charge on any atom is 0.254 e. The Hall–Kier alpha value is -1.88. The quantitative estimate of drug-likeness (QED) is 0.832. The standard InChI is InChI=1S/C16H22N2O3/c1-11(2)17-15(20)12-3-5-13(6-4-12)16(21)18(9-10-19)14-7-8-14/h3-6,11,14,19H,7-10H2,1-2H3,(H,17,20). The molecule has 1 saturated carbocycles. The Labute approximate surface area is 125 Å². The predicted octanol–water partition coefficient (Wildman–Crippen LogP) is 1.42. The molecule has 2 rings (SSSR count). The third-order valence-corrected chi connectivity index (χ3v) is 3.40. The molecule has 2 amide bonds. The number of rotatable bonds is 6. The molecule has 21 heavy (non-hydrogen) atoms. The lowest BCUT2D eigenvalue weighted by Crippen LogP contribution is -2.35. The normalized spacial score (nSPS) is 14.1. The maximum absolute atomic E-state index is 12.4. The molecule has 2 N–H and O–H groups in total. The van der Waals surface area contributed by atoms with E-state index in [0.29, 0.717) is 17.7 Å². The van der Waals surface area contributed by atoms with Gasteiger partial charge in [-0.2, -0.15) is 0 Å². The fraction of sp³-hybridized carbons (Fsp3) is 0.500. The zero-order valence-electron chi connectivity index (χ0n) is 12.5. The lowest BCUT2D eigenvalue weighted by Gasteiger charge is -2.21. The van der Waals surface area contributed by atoms with Gasteiger partial charge in [0, 0.05) is 29.8 Å². The third-order valence-electron chi connectivity index (χ3n) is 3.40. The van der Waals surface area contributed by atoms with Crippen molar-refractivity contribution < 1.29 is 14.7 Å². The van der Waals surface area contributed by atoms with Gasteiger partial charge in [0.15, 0.2) is 0 Å². The summed E-state index contributed by atoms with van der Waals surface area (Å²) in [6.45, 7) is 4.13. The summed E-state index contributed by atoms with van der Waals surface area (Å²) in [5.41, 5.74) is 1.09. The highest BCUT2D eigenvalue weighted by Crippen LogP contribution is 2.28. The summed E-state index contributed by atoms with van der Waals surface area (Å²) in [6.07, 6.45) is 2.00. The maximum atomic E-state index is 12.4. The largest absolute Gasteiger partial charge is 0.395 e.